The number of thioether (sulfide) groups is 1. The van der Waals surface area contributed by atoms with Gasteiger partial charge in [-0.2, -0.15) is 5.26 Å². The number of rotatable bonds is 4. The molecule has 1 heterocycles. The van der Waals surface area contributed by atoms with E-state index in [0.717, 1.165) is 25.7 Å². The van der Waals surface area contributed by atoms with E-state index >= 15 is 0 Å². The molecule has 1 aliphatic carbocycles. The molecular formula is C18H20ClN3OS. The van der Waals surface area contributed by atoms with Crippen LogP contribution in [0, 0.1) is 17.2 Å². The van der Waals surface area contributed by atoms with Gasteiger partial charge in [-0.3, -0.25) is 9.36 Å². The second-order valence-corrected chi connectivity index (χ2v) is 7.79. The molecule has 126 valence electrons. The van der Waals surface area contributed by atoms with Crippen molar-refractivity contribution in [1.29, 1.82) is 5.26 Å². The Balaban J connectivity index is 2.10. The van der Waals surface area contributed by atoms with Gasteiger partial charge in [0.15, 0.2) is 5.16 Å². The van der Waals surface area contributed by atoms with E-state index in [0.29, 0.717) is 26.8 Å². The normalized spacial score (nSPS) is 16.9. The Labute approximate surface area is 150 Å². The third-order valence-corrected chi connectivity index (χ3v) is 5.90. The third kappa shape index (κ3) is 3.60. The molecule has 24 heavy (non-hydrogen) atoms. The number of nitriles is 1. The molecule has 1 aromatic heterocycles. The molecule has 0 bridgehead atoms. The van der Waals surface area contributed by atoms with Gasteiger partial charge in [0.05, 0.1) is 22.9 Å². The van der Waals surface area contributed by atoms with Crippen LogP contribution in [0.1, 0.15) is 45.1 Å². The molecule has 3 rings (SSSR count). The van der Waals surface area contributed by atoms with Gasteiger partial charge in [-0.05, 0) is 38.0 Å². The second kappa shape index (κ2) is 7.58. The van der Waals surface area contributed by atoms with Crippen LogP contribution in [0.4, 0.5) is 0 Å². The van der Waals surface area contributed by atoms with Gasteiger partial charge < -0.3 is 0 Å². The predicted octanol–water partition coefficient (Wildman–Crippen LogP) is 4.81. The van der Waals surface area contributed by atoms with E-state index < -0.39 is 0 Å². The Kier molecular flexibility index (Phi) is 5.47. The number of benzene rings is 1. The van der Waals surface area contributed by atoms with Crippen molar-refractivity contribution in [3.05, 3.63) is 33.6 Å². The maximum atomic E-state index is 13.1. The molecule has 4 nitrogen and oxygen atoms in total. The molecule has 6 heteroatoms. The van der Waals surface area contributed by atoms with Crippen molar-refractivity contribution in [3.8, 4) is 6.07 Å². The van der Waals surface area contributed by atoms with Gasteiger partial charge in [-0.25, -0.2) is 4.98 Å². The summed E-state index contributed by atoms with van der Waals surface area (Å²) in [6.07, 6.45) is 5.56. The zero-order valence-electron chi connectivity index (χ0n) is 13.7. The van der Waals surface area contributed by atoms with Crippen LogP contribution in [0.25, 0.3) is 10.9 Å². The summed E-state index contributed by atoms with van der Waals surface area (Å²) >= 11 is 7.56. The Morgan fingerprint density at radius 2 is 2.17 bits per heavy atom. The highest BCUT2D eigenvalue weighted by Crippen LogP contribution is 2.31. The zero-order chi connectivity index (χ0) is 17.1. The summed E-state index contributed by atoms with van der Waals surface area (Å²) in [6.45, 7) is 1.88. The summed E-state index contributed by atoms with van der Waals surface area (Å²) in [5.41, 5.74) is 0.641. The number of nitrogens with zero attached hydrogens (tertiary/aromatic N) is 3. The van der Waals surface area contributed by atoms with Crippen molar-refractivity contribution in [3.63, 3.8) is 0 Å². The van der Waals surface area contributed by atoms with E-state index in [9.17, 15) is 4.79 Å². The maximum Gasteiger partial charge on any atom is 0.262 e. The predicted molar refractivity (Wildman–Crippen MR) is 98.6 cm³/mol. The summed E-state index contributed by atoms with van der Waals surface area (Å²) < 4.78 is 1.87. The summed E-state index contributed by atoms with van der Waals surface area (Å²) in [4.78, 5) is 17.8. The Hall–Kier alpha value is -1.51. The lowest BCUT2D eigenvalue weighted by molar-refractivity contribution is 0.326. The summed E-state index contributed by atoms with van der Waals surface area (Å²) in [7, 11) is 0. The van der Waals surface area contributed by atoms with Crippen LogP contribution >= 0.6 is 23.4 Å². The lowest BCUT2D eigenvalue weighted by Crippen LogP contribution is -2.29. The molecule has 0 spiro atoms. The SMILES string of the molecule is C[C@@H](C#N)CSc1nc2cc(Cl)ccc2c(=O)n1C1CCCCC1. The Morgan fingerprint density at radius 3 is 2.88 bits per heavy atom. The van der Waals surface area contributed by atoms with Crippen LogP contribution < -0.4 is 5.56 Å². The molecule has 1 fully saturated rings. The molecule has 0 amide bonds. The molecule has 0 saturated heterocycles. The first kappa shape index (κ1) is 17.3. The van der Waals surface area contributed by atoms with E-state index in [1.165, 1.54) is 18.2 Å². The first-order valence-electron chi connectivity index (χ1n) is 8.34. The number of fused-ring (bicyclic) bond motifs is 1. The van der Waals surface area contributed by atoms with E-state index in [4.69, 9.17) is 21.8 Å². The molecule has 1 atom stereocenters. The lowest BCUT2D eigenvalue weighted by atomic mass is 9.95. The van der Waals surface area contributed by atoms with E-state index in [2.05, 4.69) is 6.07 Å². The van der Waals surface area contributed by atoms with Crippen molar-refractivity contribution in [2.45, 2.75) is 50.2 Å². The summed E-state index contributed by atoms with van der Waals surface area (Å²) in [6, 6.07) is 7.68. The van der Waals surface area contributed by atoms with Gasteiger partial charge >= 0.3 is 0 Å². The van der Waals surface area contributed by atoms with Gasteiger partial charge in [-0.15, -0.1) is 0 Å². The van der Waals surface area contributed by atoms with Crippen molar-refractivity contribution in [2.75, 3.05) is 5.75 Å². The highest BCUT2D eigenvalue weighted by atomic mass is 35.5. The van der Waals surface area contributed by atoms with Crippen molar-refractivity contribution in [2.24, 2.45) is 5.92 Å². The Morgan fingerprint density at radius 1 is 1.42 bits per heavy atom. The fourth-order valence-corrected chi connectivity index (χ4v) is 4.33. The fraction of sp³-hybridized carbons (Fsp3) is 0.500. The zero-order valence-corrected chi connectivity index (χ0v) is 15.2. The average molecular weight is 362 g/mol. The molecule has 1 saturated carbocycles. The van der Waals surface area contributed by atoms with Crippen LogP contribution in [0.2, 0.25) is 5.02 Å². The van der Waals surface area contributed by atoms with Crippen LogP contribution in [-0.4, -0.2) is 15.3 Å². The summed E-state index contributed by atoms with van der Waals surface area (Å²) in [5, 5.41) is 10.9. The first-order chi connectivity index (χ1) is 11.6. The van der Waals surface area contributed by atoms with E-state index in [1.807, 2.05) is 11.5 Å². The van der Waals surface area contributed by atoms with Crippen LogP contribution in [0.3, 0.4) is 0 Å². The standard InChI is InChI=1S/C18H20ClN3OS/c1-12(10-20)11-24-18-21-16-9-13(19)7-8-15(16)17(23)22(18)14-5-3-2-4-6-14/h7-9,12,14H,2-6,11H2,1H3/t12-/m0/s1. The highest BCUT2D eigenvalue weighted by Gasteiger charge is 2.22. The van der Waals surface area contributed by atoms with Crippen molar-refractivity contribution < 1.29 is 0 Å². The minimum Gasteiger partial charge on any atom is -0.284 e. The van der Waals surface area contributed by atoms with Gasteiger partial charge in [-0.1, -0.05) is 42.6 Å². The molecule has 0 aliphatic heterocycles. The van der Waals surface area contributed by atoms with Gasteiger partial charge in [0.2, 0.25) is 0 Å². The third-order valence-electron chi connectivity index (χ3n) is 4.45. The monoisotopic (exact) mass is 361 g/mol. The molecule has 1 aromatic carbocycles. The topological polar surface area (TPSA) is 58.7 Å². The van der Waals surface area contributed by atoms with Gasteiger partial charge in [0.25, 0.3) is 5.56 Å². The van der Waals surface area contributed by atoms with E-state index in [1.54, 1.807) is 18.2 Å². The molecule has 0 N–H and O–H groups in total. The van der Waals surface area contributed by atoms with Gasteiger partial charge in [0.1, 0.15) is 0 Å². The number of hydrogen-bond acceptors (Lipinski definition) is 4. The molecule has 0 unspecified atom stereocenters. The van der Waals surface area contributed by atoms with Crippen LogP contribution in [0.15, 0.2) is 28.2 Å². The lowest BCUT2D eigenvalue weighted by Gasteiger charge is -2.26. The molecule has 2 aromatic rings. The summed E-state index contributed by atoms with van der Waals surface area (Å²) in [5.74, 6) is 0.545. The van der Waals surface area contributed by atoms with Gasteiger partial charge in [0, 0.05) is 16.8 Å². The maximum absolute atomic E-state index is 13.1. The minimum absolute atomic E-state index is 0.00989. The molecule has 0 radical (unpaired) electrons. The fourth-order valence-electron chi connectivity index (χ4n) is 3.15. The quantitative estimate of drug-likeness (QED) is 0.579. The second-order valence-electron chi connectivity index (χ2n) is 6.36. The minimum atomic E-state index is -0.0817. The first-order valence-corrected chi connectivity index (χ1v) is 9.70. The number of halogens is 1. The van der Waals surface area contributed by atoms with E-state index in [-0.39, 0.29) is 17.5 Å². The smallest absolute Gasteiger partial charge is 0.262 e. The van der Waals surface area contributed by atoms with Crippen molar-refractivity contribution >= 4 is 34.3 Å². The largest absolute Gasteiger partial charge is 0.284 e. The molecule has 1 aliphatic rings. The Bertz CT molecular complexity index is 836. The average Bonchev–Trinajstić information content (AvgIpc) is 2.60. The highest BCUT2D eigenvalue weighted by molar-refractivity contribution is 7.99. The number of aromatic nitrogens is 2. The van der Waals surface area contributed by atoms with Crippen molar-refractivity contribution in [1.82, 2.24) is 9.55 Å². The molecular weight excluding hydrogens is 342 g/mol. The van der Waals surface area contributed by atoms with Crippen LogP contribution in [0.5, 0.6) is 0 Å². The van der Waals surface area contributed by atoms with Crippen LogP contribution in [-0.2, 0) is 0 Å². The number of hydrogen-bond donors (Lipinski definition) is 0.